The van der Waals surface area contributed by atoms with E-state index in [4.69, 9.17) is 9.47 Å². The van der Waals surface area contributed by atoms with Gasteiger partial charge in [-0.1, -0.05) is 6.07 Å². The molecule has 0 aromatic heterocycles. The SMILES string of the molecule is COc1ccc(CC2(C(=O)O)NCCS2)cc1OC. The van der Waals surface area contributed by atoms with Crippen molar-refractivity contribution in [2.75, 3.05) is 26.5 Å². The number of hydrogen-bond acceptors (Lipinski definition) is 5. The summed E-state index contributed by atoms with van der Waals surface area (Å²) in [6.07, 6.45) is 0.410. The number of benzene rings is 1. The van der Waals surface area contributed by atoms with Crippen LogP contribution in [0.4, 0.5) is 0 Å². The van der Waals surface area contributed by atoms with Crippen molar-refractivity contribution in [3.63, 3.8) is 0 Å². The number of aliphatic carboxylic acids is 1. The Morgan fingerprint density at radius 3 is 2.68 bits per heavy atom. The van der Waals surface area contributed by atoms with Crippen molar-refractivity contribution in [2.45, 2.75) is 11.3 Å². The van der Waals surface area contributed by atoms with E-state index in [0.717, 1.165) is 11.3 Å². The minimum Gasteiger partial charge on any atom is -0.493 e. The number of carbonyl (C=O) groups is 1. The van der Waals surface area contributed by atoms with Crippen LogP contribution < -0.4 is 14.8 Å². The molecular formula is C13H17NO4S. The number of rotatable bonds is 5. The molecule has 2 rings (SSSR count). The third-order valence-electron chi connectivity index (χ3n) is 3.11. The molecule has 0 saturated carbocycles. The number of nitrogens with one attached hydrogen (secondary N) is 1. The normalized spacial score (nSPS) is 22.2. The Kier molecular flexibility index (Phi) is 4.21. The van der Waals surface area contributed by atoms with Gasteiger partial charge in [0.05, 0.1) is 14.2 Å². The second-order valence-electron chi connectivity index (χ2n) is 4.27. The van der Waals surface area contributed by atoms with Gasteiger partial charge in [-0.25, -0.2) is 4.79 Å². The highest BCUT2D eigenvalue weighted by Gasteiger charge is 2.42. The molecule has 1 aromatic carbocycles. The molecule has 6 heteroatoms. The van der Waals surface area contributed by atoms with Crippen LogP contribution in [0.2, 0.25) is 0 Å². The summed E-state index contributed by atoms with van der Waals surface area (Å²) in [6, 6.07) is 5.49. The summed E-state index contributed by atoms with van der Waals surface area (Å²) in [5.74, 6) is 1.23. The van der Waals surface area contributed by atoms with Crippen LogP contribution in [0.15, 0.2) is 18.2 Å². The highest BCUT2D eigenvalue weighted by molar-refractivity contribution is 8.01. The van der Waals surface area contributed by atoms with Gasteiger partial charge in [-0.05, 0) is 17.7 Å². The Labute approximate surface area is 116 Å². The van der Waals surface area contributed by atoms with Gasteiger partial charge >= 0.3 is 5.97 Å². The first-order chi connectivity index (χ1) is 9.11. The van der Waals surface area contributed by atoms with Gasteiger partial charge in [0.1, 0.15) is 0 Å². The Morgan fingerprint density at radius 1 is 1.42 bits per heavy atom. The lowest BCUT2D eigenvalue weighted by atomic mass is 10.0. The summed E-state index contributed by atoms with van der Waals surface area (Å²) in [5, 5.41) is 12.5. The van der Waals surface area contributed by atoms with Crippen molar-refractivity contribution in [1.29, 1.82) is 0 Å². The molecule has 19 heavy (non-hydrogen) atoms. The average Bonchev–Trinajstić information content (AvgIpc) is 2.88. The van der Waals surface area contributed by atoms with Crippen LogP contribution in [0, 0.1) is 0 Å². The van der Waals surface area contributed by atoms with Crippen molar-refractivity contribution in [1.82, 2.24) is 5.32 Å². The van der Waals surface area contributed by atoms with E-state index in [0.29, 0.717) is 24.5 Å². The third-order valence-corrected chi connectivity index (χ3v) is 4.47. The summed E-state index contributed by atoms with van der Waals surface area (Å²) < 4.78 is 10.4. The Morgan fingerprint density at radius 2 is 2.16 bits per heavy atom. The fourth-order valence-electron chi connectivity index (χ4n) is 2.13. The zero-order chi connectivity index (χ0) is 13.9. The quantitative estimate of drug-likeness (QED) is 0.850. The lowest BCUT2D eigenvalue weighted by molar-refractivity contribution is -0.140. The summed E-state index contributed by atoms with van der Waals surface area (Å²) in [5.41, 5.74) is 0.905. The van der Waals surface area contributed by atoms with Gasteiger partial charge < -0.3 is 14.6 Å². The van der Waals surface area contributed by atoms with Crippen molar-refractivity contribution in [2.24, 2.45) is 0 Å². The molecule has 1 saturated heterocycles. The van der Waals surface area contributed by atoms with Crippen LogP contribution >= 0.6 is 11.8 Å². The van der Waals surface area contributed by atoms with Gasteiger partial charge in [0.15, 0.2) is 16.4 Å². The van der Waals surface area contributed by atoms with E-state index in [-0.39, 0.29) is 0 Å². The highest BCUT2D eigenvalue weighted by atomic mass is 32.2. The second-order valence-corrected chi connectivity index (χ2v) is 5.67. The Balaban J connectivity index is 2.25. The first-order valence-corrected chi connectivity index (χ1v) is 6.93. The number of methoxy groups -OCH3 is 2. The van der Waals surface area contributed by atoms with Crippen LogP contribution in [-0.2, 0) is 11.2 Å². The van der Waals surface area contributed by atoms with E-state index < -0.39 is 10.8 Å². The van der Waals surface area contributed by atoms with Crippen LogP contribution in [-0.4, -0.2) is 42.5 Å². The summed E-state index contributed by atoms with van der Waals surface area (Å²) >= 11 is 1.43. The summed E-state index contributed by atoms with van der Waals surface area (Å²) in [7, 11) is 3.14. The van der Waals surface area contributed by atoms with Crippen molar-refractivity contribution < 1.29 is 19.4 Å². The second kappa shape index (κ2) is 5.71. The number of carboxylic acids is 1. The molecule has 0 bridgehead atoms. The molecule has 1 atom stereocenters. The van der Waals surface area contributed by atoms with E-state index in [1.165, 1.54) is 11.8 Å². The molecule has 5 nitrogen and oxygen atoms in total. The molecule has 1 aromatic rings. The minimum absolute atomic E-state index is 0.410. The monoisotopic (exact) mass is 283 g/mol. The molecule has 104 valence electrons. The largest absolute Gasteiger partial charge is 0.493 e. The molecular weight excluding hydrogens is 266 g/mol. The highest BCUT2D eigenvalue weighted by Crippen LogP contribution is 2.34. The van der Waals surface area contributed by atoms with Crippen LogP contribution in [0.1, 0.15) is 5.56 Å². The van der Waals surface area contributed by atoms with E-state index in [1.54, 1.807) is 20.3 Å². The Bertz CT molecular complexity index is 472. The number of hydrogen-bond donors (Lipinski definition) is 2. The maximum Gasteiger partial charge on any atom is 0.334 e. The van der Waals surface area contributed by atoms with Gasteiger partial charge in [0.2, 0.25) is 0 Å². The predicted octanol–water partition coefficient (Wildman–Crippen LogP) is 1.36. The van der Waals surface area contributed by atoms with Crippen molar-refractivity contribution >= 4 is 17.7 Å². The lowest BCUT2D eigenvalue weighted by Gasteiger charge is -2.23. The maximum atomic E-state index is 11.5. The zero-order valence-corrected chi connectivity index (χ0v) is 11.8. The topological polar surface area (TPSA) is 67.8 Å². The minimum atomic E-state index is -0.931. The van der Waals surface area contributed by atoms with Gasteiger partial charge in [-0.2, -0.15) is 0 Å². The van der Waals surface area contributed by atoms with E-state index >= 15 is 0 Å². The molecule has 0 spiro atoms. The molecule has 0 radical (unpaired) electrons. The first-order valence-electron chi connectivity index (χ1n) is 5.94. The zero-order valence-electron chi connectivity index (χ0n) is 10.9. The molecule has 0 aliphatic carbocycles. The van der Waals surface area contributed by atoms with Crippen LogP contribution in [0.5, 0.6) is 11.5 Å². The molecule has 0 amide bonds. The van der Waals surface area contributed by atoms with E-state index in [9.17, 15) is 9.90 Å². The number of thioether (sulfide) groups is 1. The first kappa shape index (κ1) is 14.0. The fourth-order valence-corrected chi connectivity index (χ4v) is 3.28. The smallest absolute Gasteiger partial charge is 0.334 e. The van der Waals surface area contributed by atoms with Gasteiger partial charge in [0, 0.05) is 18.7 Å². The van der Waals surface area contributed by atoms with Crippen LogP contribution in [0.3, 0.4) is 0 Å². The third kappa shape index (κ3) is 2.79. The molecule has 1 aliphatic rings. The maximum absolute atomic E-state index is 11.5. The molecule has 1 heterocycles. The van der Waals surface area contributed by atoms with Gasteiger partial charge in [-0.3, -0.25) is 5.32 Å². The Hall–Kier alpha value is -1.40. The number of ether oxygens (including phenoxy) is 2. The van der Waals surface area contributed by atoms with E-state index in [1.807, 2.05) is 12.1 Å². The van der Waals surface area contributed by atoms with Crippen LogP contribution in [0.25, 0.3) is 0 Å². The van der Waals surface area contributed by atoms with Crippen molar-refractivity contribution in [3.8, 4) is 11.5 Å². The molecule has 1 fully saturated rings. The van der Waals surface area contributed by atoms with Crippen molar-refractivity contribution in [3.05, 3.63) is 23.8 Å². The predicted molar refractivity (Wildman–Crippen MR) is 74.1 cm³/mol. The average molecular weight is 283 g/mol. The van der Waals surface area contributed by atoms with Gasteiger partial charge in [0.25, 0.3) is 0 Å². The van der Waals surface area contributed by atoms with E-state index in [2.05, 4.69) is 5.32 Å². The summed E-state index contributed by atoms with van der Waals surface area (Å²) in [4.78, 5) is 10.5. The van der Waals surface area contributed by atoms with Gasteiger partial charge in [-0.15, -0.1) is 11.8 Å². The summed E-state index contributed by atoms with van der Waals surface area (Å²) in [6.45, 7) is 0.713. The molecule has 1 unspecified atom stereocenters. The lowest BCUT2D eigenvalue weighted by Crippen LogP contribution is -2.47. The molecule has 2 N–H and O–H groups in total. The standard InChI is InChI=1S/C13H17NO4S/c1-17-10-4-3-9(7-11(10)18-2)8-13(12(15)16)14-5-6-19-13/h3-4,7,14H,5-6,8H2,1-2H3,(H,15,16). The fraction of sp³-hybridized carbons (Fsp3) is 0.462. The molecule has 1 aliphatic heterocycles. The number of carboxylic acid groups (broad SMARTS) is 1.